The Morgan fingerprint density at radius 2 is 2.21 bits per heavy atom. The molecule has 0 aromatic carbocycles. The lowest BCUT2D eigenvalue weighted by Crippen LogP contribution is -2.34. The highest BCUT2D eigenvalue weighted by Gasteiger charge is 2.32. The quantitative estimate of drug-likeness (QED) is 0.708. The molecule has 0 aromatic heterocycles. The summed E-state index contributed by atoms with van der Waals surface area (Å²) in [6.45, 7) is 9.92. The highest BCUT2D eigenvalue weighted by atomic mass is 79.9. The molecule has 1 fully saturated rings. The topological polar surface area (TPSA) is 12.5 Å². The van der Waals surface area contributed by atoms with E-state index in [0.29, 0.717) is 6.10 Å². The highest BCUT2D eigenvalue weighted by Crippen LogP contribution is 2.29. The average molecular weight is 264 g/mol. The van der Waals surface area contributed by atoms with Crippen LogP contribution < -0.4 is 0 Å². The minimum Gasteiger partial charge on any atom is -0.371 e. The molecule has 1 heterocycles. The van der Waals surface area contributed by atoms with Crippen LogP contribution in [0.4, 0.5) is 0 Å². The lowest BCUT2D eigenvalue weighted by molar-refractivity contribution is -0.0274. The molecule has 0 radical (unpaired) electrons. The van der Waals surface area contributed by atoms with Crippen molar-refractivity contribution < 1.29 is 4.74 Å². The minimum atomic E-state index is 0.110. The molecule has 3 heteroatoms. The second-order valence-corrected chi connectivity index (χ2v) is 5.41. The van der Waals surface area contributed by atoms with Crippen molar-refractivity contribution in [2.24, 2.45) is 0 Å². The molecule has 0 aromatic rings. The number of halogens is 1. The van der Waals surface area contributed by atoms with Gasteiger partial charge in [0.1, 0.15) is 0 Å². The molecular formula is C11H22BrNO. The van der Waals surface area contributed by atoms with E-state index in [0.717, 1.165) is 25.0 Å². The fourth-order valence-electron chi connectivity index (χ4n) is 1.99. The van der Waals surface area contributed by atoms with Crippen molar-refractivity contribution >= 4 is 15.9 Å². The van der Waals surface area contributed by atoms with Gasteiger partial charge in [0.15, 0.2) is 0 Å². The molecular weight excluding hydrogens is 242 g/mol. The van der Waals surface area contributed by atoms with Gasteiger partial charge in [-0.15, -0.1) is 0 Å². The molecule has 2 nitrogen and oxygen atoms in total. The number of hydrogen-bond donors (Lipinski definition) is 0. The molecule has 0 amide bonds. The van der Waals surface area contributed by atoms with Gasteiger partial charge in [-0.05, 0) is 33.2 Å². The maximum atomic E-state index is 5.97. The van der Waals surface area contributed by atoms with Crippen LogP contribution in [0.2, 0.25) is 0 Å². The number of alkyl halides is 1. The van der Waals surface area contributed by atoms with Gasteiger partial charge < -0.3 is 9.64 Å². The zero-order valence-electron chi connectivity index (χ0n) is 9.55. The molecule has 0 aliphatic carbocycles. The van der Waals surface area contributed by atoms with Crippen molar-refractivity contribution in [2.75, 3.05) is 25.0 Å². The van der Waals surface area contributed by atoms with Crippen molar-refractivity contribution in [3.8, 4) is 0 Å². The van der Waals surface area contributed by atoms with Crippen LogP contribution in [0.5, 0.6) is 0 Å². The third kappa shape index (κ3) is 3.87. The molecule has 84 valence electrons. The van der Waals surface area contributed by atoms with Crippen molar-refractivity contribution in [3.63, 3.8) is 0 Å². The summed E-state index contributed by atoms with van der Waals surface area (Å²) in [6, 6.07) is 0. The Hall–Kier alpha value is 0.400. The molecule has 1 rings (SSSR count). The number of ether oxygens (including phenoxy) is 1. The zero-order chi connectivity index (χ0) is 10.6. The zero-order valence-corrected chi connectivity index (χ0v) is 11.1. The first-order valence-electron chi connectivity index (χ1n) is 5.53. The summed E-state index contributed by atoms with van der Waals surface area (Å²) in [4.78, 5) is 2.45. The lowest BCUT2D eigenvalue weighted by atomic mass is 10.1. The van der Waals surface area contributed by atoms with Gasteiger partial charge in [0.05, 0.1) is 11.7 Å². The van der Waals surface area contributed by atoms with Crippen molar-refractivity contribution in [3.05, 3.63) is 0 Å². The summed E-state index contributed by atoms with van der Waals surface area (Å²) < 4.78 is 5.97. The Bertz CT molecular complexity index is 173. The lowest BCUT2D eigenvalue weighted by Gasteiger charge is -2.25. The van der Waals surface area contributed by atoms with E-state index in [4.69, 9.17) is 4.74 Å². The van der Waals surface area contributed by atoms with Gasteiger partial charge in [-0.1, -0.05) is 22.9 Å². The van der Waals surface area contributed by atoms with Crippen molar-refractivity contribution in [1.82, 2.24) is 4.90 Å². The van der Waals surface area contributed by atoms with E-state index in [1.54, 1.807) is 0 Å². The molecule has 0 bridgehead atoms. The molecule has 0 saturated carbocycles. The number of likely N-dealkylation sites (N-methyl/N-ethyl adjacent to an activating group) is 1. The van der Waals surface area contributed by atoms with Crippen LogP contribution in [0.15, 0.2) is 0 Å². The Kier molecular flexibility index (Phi) is 4.88. The van der Waals surface area contributed by atoms with Crippen molar-refractivity contribution in [2.45, 2.75) is 45.3 Å². The Morgan fingerprint density at radius 3 is 2.64 bits per heavy atom. The highest BCUT2D eigenvalue weighted by molar-refractivity contribution is 9.09. The summed E-state index contributed by atoms with van der Waals surface area (Å²) >= 11 is 3.48. The van der Waals surface area contributed by atoms with Crippen LogP contribution in [0.25, 0.3) is 0 Å². The molecule has 1 atom stereocenters. The van der Waals surface area contributed by atoms with E-state index in [1.807, 2.05) is 0 Å². The fraction of sp³-hybridized carbons (Fsp3) is 1.00. The van der Waals surface area contributed by atoms with Crippen LogP contribution in [0, 0.1) is 0 Å². The van der Waals surface area contributed by atoms with Gasteiger partial charge in [-0.3, -0.25) is 0 Å². The Labute approximate surface area is 96.1 Å². The summed E-state index contributed by atoms with van der Waals surface area (Å²) in [7, 11) is 0. The standard InChI is InChI=1S/C11H22BrNO/c1-4-13(8-7-12)9-10-5-6-11(2,3)14-10/h10H,4-9H2,1-3H3. The maximum Gasteiger partial charge on any atom is 0.0710 e. The molecule has 14 heavy (non-hydrogen) atoms. The number of rotatable bonds is 5. The molecule has 1 aliphatic rings. The average Bonchev–Trinajstić information content (AvgIpc) is 2.45. The SMILES string of the molecule is CCN(CCBr)CC1CCC(C)(C)O1. The first kappa shape index (κ1) is 12.5. The minimum absolute atomic E-state index is 0.110. The monoisotopic (exact) mass is 263 g/mol. The van der Waals surface area contributed by atoms with Crippen LogP contribution in [0.3, 0.4) is 0 Å². The van der Waals surface area contributed by atoms with Gasteiger partial charge in [0.25, 0.3) is 0 Å². The van der Waals surface area contributed by atoms with Crippen LogP contribution >= 0.6 is 15.9 Å². The van der Waals surface area contributed by atoms with Gasteiger partial charge in [0.2, 0.25) is 0 Å². The van der Waals surface area contributed by atoms with Gasteiger partial charge >= 0.3 is 0 Å². The molecule has 1 saturated heterocycles. The normalized spacial score (nSPS) is 25.9. The van der Waals surface area contributed by atoms with Gasteiger partial charge in [-0.25, -0.2) is 0 Å². The van der Waals surface area contributed by atoms with Gasteiger partial charge in [-0.2, -0.15) is 0 Å². The summed E-state index contributed by atoms with van der Waals surface area (Å²) in [5.74, 6) is 0. The first-order chi connectivity index (χ1) is 6.57. The third-order valence-electron chi connectivity index (χ3n) is 2.86. The van der Waals surface area contributed by atoms with Gasteiger partial charge in [0, 0.05) is 18.4 Å². The van der Waals surface area contributed by atoms with E-state index in [2.05, 4.69) is 41.6 Å². The van der Waals surface area contributed by atoms with Crippen LogP contribution in [0.1, 0.15) is 33.6 Å². The number of hydrogen-bond acceptors (Lipinski definition) is 2. The van der Waals surface area contributed by atoms with Crippen molar-refractivity contribution in [1.29, 1.82) is 0 Å². The van der Waals surface area contributed by atoms with E-state index in [-0.39, 0.29) is 5.60 Å². The van der Waals surface area contributed by atoms with Crippen LogP contribution in [-0.2, 0) is 4.74 Å². The molecule has 0 N–H and O–H groups in total. The smallest absolute Gasteiger partial charge is 0.0710 e. The van der Waals surface area contributed by atoms with E-state index < -0.39 is 0 Å². The molecule has 0 spiro atoms. The van der Waals surface area contributed by atoms with E-state index in [1.165, 1.54) is 12.8 Å². The summed E-state index contributed by atoms with van der Waals surface area (Å²) in [5.41, 5.74) is 0.110. The van der Waals surface area contributed by atoms with E-state index >= 15 is 0 Å². The number of nitrogens with zero attached hydrogens (tertiary/aromatic N) is 1. The Morgan fingerprint density at radius 1 is 1.50 bits per heavy atom. The molecule has 1 unspecified atom stereocenters. The maximum absolute atomic E-state index is 5.97. The predicted octanol–water partition coefficient (Wildman–Crippen LogP) is 2.66. The summed E-state index contributed by atoms with van der Waals surface area (Å²) in [6.07, 6.45) is 2.86. The summed E-state index contributed by atoms with van der Waals surface area (Å²) in [5, 5.41) is 1.05. The predicted molar refractivity (Wildman–Crippen MR) is 64.1 cm³/mol. The largest absolute Gasteiger partial charge is 0.371 e. The molecule has 1 aliphatic heterocycles. The van der Waals surface area contributed by atoms with E-state index in [9.17, 15) is 0 Å². The second-order valence-electron chi connectivity index (χ2n) is 4.62. The second kappa shape index (κ2) is 5.47. The fourth-order valence-corrected chi connectivity index (χ4v) is 2.49. The van der Waals surface area contributed by atoms with Crippen LogP contribution in [-0.4, -0.2) is 41.6 Å². The first-order valence-corrected chi connectivity index (χ1v) is 6.65. The third-order valence-corrected chi connectivity index (χ3v) is 3.22. The Balaban J connectivity index is 2.30.